The third-order valence-corrected chi connectivity index (χ3v) is 1.46. The lowest BCUT2D eigenvalue weighted by Crippen LogP contribution is -1.87. The molecule has 0 radical (unpaired) electrons. The lowest BCUT2D eigenvalue weighted by molar-refractivity contribution is 0.342. The van der Waals surface area contributed by atoms with Crippen molar-refractivity contribution >= 4 is 6.40 Å². The van der Waals surface area contributed by atoms with E-state index in [1.807, 2.05) is 6.92 Å². The number of rotatable bonds is 7. The molecule has 0 heterocycles. The molecule has 2 nitrogen and oxygen atoms in total. The maximum absolute atomic E-state index is 4.95. The maximum atomic E-state index is 4.95. The fraction of sp³-hybridized carbons (Fsp3) is 0.889. The smallest absolute Gasteiger partial charge is 0.169 e. The van der Waals surface area contributed by atoms with Gasteiger partial charge >= 0.3 is 0 Å². The predicted octanol–water partition coefficient (Wildman–Crippen LogP) is 2.63. The van der Waals surface area contributed by atoms with Crippen LogP contribution in [0.1, 0.15) is 39.5 Å². The molecule has 2 heteroatoms. The van der Waals surface area contributed by atoms with Crippen molar-refractivity contribution in [2.24, 2.45) is 4.99 Å². The van der Waals surface area contributed by atoms with E-state index in [1.165, 1.54) is 25.7 Å². The van der Waals surface area contributed by atoms with E-state index in [-0.39, 0.29) is 0 Å². The van der Waals surface area contributed by atoms with Crippen LogP contribution >= 0.6 is 0 Å². The number of unbranched alkanes of at least 4 members (excludes halogenated alkanes) is 3. The lowest BCUT2D eigenvalue weighted by Gasteiger charge is -1.94. The Morgan fingerprint density at radius 2 is 2.00 bits per heavy atom. The zero-order chi connectivity index (χ0) is 8.36. The van der Waals surface area contributed by atoms with Crippen LogP contribution < -0.4 is 0 Å². The van der Waals surface area contributed by atoms with Gasteiger partial charge < -0.3 is 4.74 Å². The molecular formula is C9H19NO. The van der Waals surface area contributed by atoms with Gasteiger partial charge in [0, 0.05) is 6.54 Å². The first kappa shape index (κ1) is 10.5. The van der Waals surface area contributed by atoms with E-state index in [4.69, 9.17) is 4.74 Å². The third kappa shape index (κ3) is 9.47. The van der Waals surface area contributed by atoms with Crippen molar-refractivity contribution in [1.29, 1.82) is 0 Å². The molecule has 0 spiro atoms. The van der Waals surface area contributed by atoms with Crippen LogP contribution in [0.25, 0.3) is 0 Å². The molecule has 0 aromatic rings. The summed E-state index contributed by atoms with van der Waals surface area (Å²) in [7, 11) is 0. The van der Waals surface area contributed by atoms with E-state index in [2.05, 4.69) is 11.9 Å². The van der Waals surface area contributed by atoms with Crippen LogP contribution in [0.5, 0.6) is 0 Å². The van der Waals surface area contributed by atoms with Crippen LogP contribution in [-0.2, 0) is 4.74 Å². The van der Waals surface area contributed by atoms with Crippen molar-refractivity contribution in [2.75, 3.05) is 13.2 Å². The van der Waals surface area contributed by atoms with E-state index in [1.54, 1.807) is 6.40 Å². The molecule has 0 atom stereocenters. The Balaban J connectivity index is 2.89. The summed E-state index contributed by atoms with van der Waals surface area (Å²) in [5, 5.41) is 0. The van der Waals surface area contributed by atoms with Crippen molar-refractivity contribution in [3.63, 3.8) is 0 Å². The van der Waals surface area contributed by atoms with Gasteiger partial charge in [0.15, 0.2) is 6.40 Å². The first-order valence-corrected chi connectivity index (χ1v) is 4.51. The summed E-state index contributed by atoms with van der Waals surface area (Å²) in [6.07, 6.45) is 6.66. The first-order chi connectivity index (χ1) is 5.41. The number of aliphatic imine (C=N–C) groups is 1. The number of hydrogen-bond donors (Lipinski definition) is 0. The average molecular weight is 157 g/mol. The fourth-order valence-corrected chi connectivity index (χ4v) is 0.810. The van der Waals surface area contributed by atoms with Crippen molar-refractivity contribution in [3.05, 3.63) is 0 Å². The van der Waals surface area contributed by atoms with Crippen LogP contribution in [0.4, 0.5) is 0 Å². The Bertz CT molecular complexity index is 91.6. The Morgan fingerprint density at radius 3 is 2.64 bits per heavy atom. The van der Waals surface area contributed by atoms with Gasteiger partial charge in [-0.25, -0.2) is 0 Å². The van der Waals surface area contributed by atoms with Crippen molar-refractivity contribution in [2.45, 2.75) is 39.5 Å². The summed E-state index contributed by atoms with van der Waals surface area (Å²) in [4.78, 5) is 4.09. The summed E-state index contributed by atoms with van der Waals surface area (Å²) in [6.45, 7) is 5.81. The minimum Gasteiger partial charge on any atom is -0.484 e. The molecule has 0 saturated carbocycles. The van der Waals surface area contributed by atoms with Gasteiger partial charge in [-0.3, -0.25) is 4.99 Å². The number of ether oxygens (including phenoxy) is 1. The first-order valence-electron chi connectivity index (χ1n) is 4.51. The Hall–Kier alpha value is -0.530. The molecule has 0 aromatic carbocycles. The molecule has 0 unspecified atom stereocenters. The summed E-state index contributed by atoms with van der Waals surface area (Å²) < 4.78 is 4.95. The molecule has 0 bridgehead atoms. The monoisotopic (exact) mass is 157 g/mol. The molecule has 0 rings (SSSR count). The van der Waals surface area contributed by atoms with Crippen LogP contribution in [0.3, 0.4) is 0 Å². The van der Waals surface area contributed by atoms with Crippen molar-refractivity contribution < 1.29 is 4.74 Å². The van der Waals surface area contributed by atoms with E-state index < -0.39 is 0 Å². The summed E-state index contributed by atoms with van der Waals surface area (Å²) in [6, 6.07) is 0. The highest BCUT2D eigenvalue weighted by Crippen LogP contribution is 1.97. The van der Waals surface area contributed by atoms with Crippen LogP contribution in [-0.4, -0.2) is 19.6 Å². The predicted molar refractivity (Wildman–Crippen MR) is 49.1 cm³/mol. The minimum absolute atomic E-state index is 0.721. The molecule has 0 N–H and O–H groups in total. The third-order valence-electron chi connectivity index (χ3n) is 1.46. The van der Waals surface area contributed by atoms with Gasteiger partial charge in [-0.1, -0.05) is 26.2 Å². The fourth-order valence-electron chi connectivity index (χ4n) is 0.810. The molecule has 0 amide bonds. The molecule has 0 fully saturated rings. The van der Waals surface area contributed by atoms with Crippen LogP contribution in [0.15, 0.2) is 4.99 Å². The molecule has 0 aliphatic carbocycles. The highest BCUT2D eigenvalue weighted by Gasteiger charge is 1.83. The summed E-state index contributed by atoms with van der Waals surface area (Å²) in [5.74, 6) is 0. The second-order valence-electron chi connectivity index (χ2n) is 2.53. The average Bonchev–Trinajstić information content (AvgIpc) is 2.03. The van der Waals surface area contributed by atoms with Crippen LogP contribution in [0.2, 0.25) is 0 Å². The van der Waals surface area contributed by atoms with E-state index >= 15 is 0 Å². The second kappa shape index (κ2) is 9.47. The van der Waals surface area contributed by atoms with Gasteiger partial charge in [0.1, 0.15) is 0 Å². The quantitative estimate of drug-likeness (QED) is 0.316. The maximum Gasteiger partial charge on any atom is 0.169 e. The number of nitrogens with zero attached hydrogens (tertiary/aromatic N) is 1. The summed E-state index contributed by atoms with van der Waals surface area (Å²) >= 11 is 0. The highest BCUT2D eigenvalue weighted by atomic mass is 16.5. The molecule has 0 aromatic heterocycles. The minimum atomic E-state index is 0.721. The van der Waals surface area contributed by atoms with E-state index in [9.17, 15) is 0 Å². The Morgan fingerprint density at radius 1 is 1.18 bits per heavy atom. The molecular weight excluding hydrogens is 138 g/mol. The van der Waals surface area contributed by atoms with Crippen molar-refractivity contribution in [1.82, 2.24) is 0 Å². The van der Waals surface area contributed by atoms with Gasteiger partial charge in [-0.2, -0.15) is 0 Å². The van der Waals surface area contributed by atoms with Gasteiger partial charge in [0.25, 0.3) is 0 Å². The van der Waals surface area contributed by atoms with E-state index in [0.29, 0.717) is 0 Å². The molecule has 66 valence electrons. The number of hydrogen-bond acceptors (Lipinski definition) is 2. The largest absolute Gasteiger partial charge is 0.484 e. The van der Waals surface area contributed by atoms with Gasteiger partial charge in [-0.15, -0.1) is 0 Å². The van der Waals surface area contributed by atoms with Gasteiger partial charge in [0.05, 0.1) is 6.61 Å². The summed E-state index contributed by atoms with van der Waals surface area (Å²) in [5.41, 5.74) is 0. The second-order valence-corrected chi connectivity index (χ2v) is 2.53. The molecule has 0 aliphatic heterocycles. The van der Waals surface area contributed by atoms with E-state index in [0.717, 1.165) is 13.2 Å². The topological polar surface area (TPSA) is 21.6 Å². The molecule has 0 aliphatic rings. The lowest BCUT2D eigenvalue weighted by atomic mass is 10.2. The molecule has 0 saturated heterocycles. The SMILES string of the molecule is CCCCCCN=COCC. The van der Waals surface area contributed by atoms with Crippen LogP contribution in [0, 0.1) is 0 Å². The Kier molecular flexibility index (Phi) is 9.01. The van der Waals surface area contributed by atoms with Gasteiger partial charge in [0.2, 0.25) is 0 Å². The molecule has 11 heavy (non-hydrogen) atoms. The standard InChI is InChI=1S/C9H19NO/c1-3-5-6-7-8-10-9-11-4-2/h9H,3-8H2,1-2H3. The highest BCUT2D eigenvalue weighted by molar-refractivity contribution is 5.45. The zero-order valence-corrected chi connectivity index (χ0v) is 7.68. The van der Waals surface area contributed by atoms with Crippen molar-refractivity contribution in [3.8, 4) is 0 Å². The Labute approximate surface area is 69.7 Å². The van der Waals surface area contributed by atoms with Gasteiger partial charge in [-0.05, 0) is 13.3 Å². The normalized spacial score (nSPS) is 10.7. The zero-order valence-electron chi connectivity index (χ0n) is 7.68.